The second-order valence-electron chi connectivity index (χ2n) is 6.61. The first-order valence-corrected chi connectivity index (χ1v) is 8.88. The summed E-state index contributed by atoms with van der Waals surface area (Å²) in [5.41, 5.74) is 2.19. The predicted molar refractivity (Wildman–Crippen MR) is 106 cm³/mol. The molecule has 0 radical (unpaired) electrons. The summed E-state index contributed by atoms with van der Waals surface area (Å²) in [5.74, 6) is 0.607. The third-order valence-corrected chi connectivity index (χ3v) is 4.24. The summed E-state index contributed by atoms with van der Waals surface area (Å²) in [6, 6.07) is 11.8. The number of anilines is 1. The second-order valence-corrected chi connectivity index (χ2v) is 6.61. The molecule has 10 heteroatoms. The zero-order chi connectivity index (χ0) is 21.0. The van der Waals surface area contributed by atoms with Gasteiger partial charge in [0.2, 0.25) is 11.7 Å². The molecule has 0 atom stereocenters. The van der Waals surface area contributed by atoms with E-state index in [-0.39, 0.29) is 18.0 Å². The average Bonchev–Trinajstić information content (AvgIpc) is 3.16. The molecule has 0 spiro atoms. The lowest BCUT2D eigenvalue weighted by Gasteiger charge is -2.09. The molecule has 2 aromatic carbocycles. The van der Waals surface area contributed by atoms with E-state index in [2.05, 4.69) is 34.6 Å². The Balaban J connectivity index is 1.68. The van der Waals surface area contributed by atoms with E-state index in [0.717, 1.165) is 5.56 Å². The van der Waals surface area contributed by atoms with E-state index >= 15 is 0 Å². The monoisotopic (exact) mass is 396 g/mol. The number of hydrogen-bond acceptors (Lipinski definition) is 7. The van der Waals surface area contributed by atoms with Crippen molar-refractivity contribution in [2.75, 3.05) is 12.4 Å². The molecule has 10 nitrogen and oxygen atoms in total. The van der Waals surface area contributed by atoms with Crippen LogP contribution in [0, 0.1) is 10.1 Å². The van der Waals surface area contributed by atoms with Gasteiger partial charge in [-0.15, -0.1) is 10.2 Å². The number of nitrogens with one attached hydrogen (secondary N) is 1. The quantitative estimate of drug-likeness (QED) is 0.480. The largest absolute Gasteiger partial charge is 0.494 e. The van der Waals surface area contributed by atoms with Crippen LogP contribution >= 0.6 is 0 Å². The van der Waals surface area contributed by atoms with Gasteiger partial charge in [-0.25, -0.2) is 0 Å². The Morgan fingerprint density at radius 2 is 1.97 bits per heavy atom. The SMILES string of the molecule is COc1cc([N+](=O)[O-])ccc1NC(=O)Cn1nnc(-c2ccc(C(C)C)cc2)n1. The molecule has 1 amide bonds. The van der Waals surface area contributed by atoms with Crippen LogP contribution in [0.15, 0.2) is 42.5 Å². The Morgan fingerprint density at radius 3 is 2.59 bits per heavy atom. The first-order chi connectivity index (χ1) is 13.9. The van der Waals surface area contributed by atoms with Crippen LogP contribution in [0.1, 0.15) is 25.3 Å². The fourth-order valence-electron chi connectivity index (χ4n) is 2.66. The molecule has 3 aromatic rings. The molecule has 0 aliphatic rings. The van der Waals surface area contributed by atoms with Gasteiger partial charge in [-0.3, -0.25) is 14.9 Å². The number of benzene rings is 2. The third-order valence-electron chi connectivity index (χ3n) is 4.24. The highest BCUT2D eigenvalue weighted by Crippen LogP contribution is 2.29. The number of tetrazole rings is 1. The van der Waals surface area contributed by atoms with E-state index in [1.165, 1.54) is 35.7 Å². The normalized spacial score (nSPS) is 10.8. The van der Waals surface area contributed by atoms with Crippen molar-refractivity contribution in [2.24, 2.45) is 0 Å². The summed E-state index contributed by atoms with van der Waals surface area (Å²) in [4.78, 5) is 23.8. The molecule has 150 valence electrons. The van der Waals surface area contributed by atoms with Gasteiger partial charge in [0.1, 0.15) is 12.3 Å². The fraction of sp³-hybridized carbons (Fsp3) is 0.263. The summed E-state index contributed by atoms with van der Waals surface area (Å²) < 4.78 is 5.11. The molecule has 1 heterocycles. The van der Waals surface area contributed by atoms with Crippen LogP contribution < -0.4 is 10.1 Å². The van der Waals surface area contributed by atoms with Crippen molar-refractivity contribution >= 4 is 17.3 Å². The maximum atomic E-state index is 12.3. The van der Waals surface area contributed by atoms with E-state index in [9.17, 15) is 14.9 Å². The molecular weight excluding hydrogens is 376 g/mol. The number of nitro groups is 1. The van der Waals surface area contributed by atoms with Crippen molar-refractivity contribution in [2.45, 2.75) is 26.3 Å². The van der Waals surface area contributed by atoms with Gasteiger partial charge in [-0.2, -0.15) is 4.80 Å². The molecule has 0 saturated heterocycles. The number of nitrogens with zero attached hydrogens (tertiary/aromatic N) is 5. The topological polar surface area (TPSA) is 125 Å². The molecule has 0 bridgehead atoms. The van der Waals surface area contributed by atoms with Crippen molar-refractivity contribution in [1.82, 2.24) is 20.2 Å². The molecule has 0 saturated carbocycles. The molecular formula is C19H20N6O4. The van der Waals surface area contributed by atoms with E-state index in [1.54, 1.807) is 0 Å². The number of amides is 1. The number of ether oxygens (including phenoxy) is 1. The maximum absolute atomic E-state index is 12.3. The Bertz CT molecular complexity index is 1030. The van der Waals surface area contributed by atoms with Crippen LogP contribution in [0.5, 0.6) is 5.75 Å². The smallest absolute Gasteiger partial charge is 0.273 e. The lowest BCUT2D eigenvalue weighted by atomic mass is 10.0. The van der Waals surface area contributed by atoms with Gasteiger partial charge in [0.15, 0.2) is 0 Å². The van der Waals surface area contributed by atoms with Gasteiger partial charge in [0, 0.05) is 11.6 Å². The highest BCUT2D eigenvalue weighted by atomic mass is 16.6. The number of non-ortho nitro benzene ring substituents is 1. The van der Waals surface area contributed by atoms with Crippen molar-refractivity contribution in [1.29, 1.82) is 0 Å². The minimum absolute atomic E-state index is 0.133. The Kier molecular flexibility index (Phi) is 5.82. The van der Waals surface area contributed by atoms with Gasteiger partial charge in [0.25, 0.3) is 5.69 Å². The highest BCUT2D eigenvalue weighted by molar-refractivity contribution is 5.92. The van der Waals surface area contributed by atoms with Gasteiger partial charge >= 0.3 is 0 Å². The number of hydrogen-bond donors (Lipinski definition) is 1. The van der Waals surface area contributed by atoms with Crippen LogP contribution in [0.3, 0.4) is 0 Å². The van der Waals surface area contributed by atoms with Crippen LogP contribution in [0.4, 0.5) is 11.4 Å². The van der Waals surface area contributed by atoms with Gasteiger partial charge in [0.05, 0.1) is 23.8 Å². The molecule has 0 aliphatic heterocycles. The number of aromatic nitrogens is 4. The number of nitro benzene ring substituents is 1. The molecule has 0 unspecified atom stereocenters. The van der Waals surface area contributed by atoms with E-state index in [1.807, 2.05) is 24.3 Å². The zero-order valence-corrected chi connectivity index (χ0v) is 16.2. The molecule has 1 aromatic heterocycles. The van der Waals surface area contributed by atoms with Gasteiger partial charge in [-0.1, -0.05) is 38.1 Å². The van der Waals surface area contributed by atoms with E-state index in [0.29, 0.717) is 17.4 Å². The average molecular weight is 396 g/mol. The number of rotatable bonds is 7. The Labute approximate surface area is 166 Å². The van der Waals surface area contributed by atoms with Crippen molar-refractivity contribution in [3.05, 3.63) is 58.1 Å². The number of carbonyl (C=O) groups excluding carboxylic acids is 1. The molecule has 0 aliphatic carbocycles. The predicted octanol–water partition coefficient (Wildman–Crippen LogP) is 3.02. The lowest BCUT2D eigenvalue weighted by molar-refractivity contribution is -0.384. The maximum Gasteiger partial charge on any atom is 0.273 e. The minimum Gasteiger partial charge on any atom is -0.494 e. The highest BCUT2D eigenvalue weighted by Gasteiger charge is 2.15. The summed E-state index contributed by atoms with van der Waals surface area (Å²) in [6.45, 7) is 4.06. The van der Waals surface area contributed by atoms with Crippen molar-refractivity contribution in [3.8, 4) is 17.1 Å². The minimum atomic E-state index is -0.539. The van der Waals surface area contributed by atoms with E-state index in [4.69, 9.17) is 4.74 Å². The van der Waals surface area contributed by atoms with Gasteiger partial charge < -0.3 is 10.1 Å². The summed E-state index contributed by atoms with van der Waals surface area (Å²) in [6.07, 6.45) is 0. The van der Waals surface area contributed by atoms with Crippen LogP contribution in [0.25, 0.3) is 11.4 Å². The standard InChI is InChI=1S/C19H20N6O4/c1-12(2)13-4-6-14(7-5-13)19-21-23-24(22-19)11-18(26)20-16-9-8-15(25(27)28)10-17(16)29-3/h4-10,12H,11H2,1-3H3,(H,20,26). The van der Waals surface area contributed by atoms with Crippen LogP contribution in [-0.4, -0.2) is 38.1 Å². The summed E-state index contributed by atoms with van der Waals surface area (Å²) >= 11 is 0. The molecule has 0 fully saturated rings. The zero-order valence-electron chi connectivity index (χ0n) is 16.2. The fourth-order valence-corrected chi connectivity index (χ4v) is 2.66. The third kappa shape index (κ3) is 4.72. The first-order valence-electron chi connectivity index (χ1n) is 8.88. The summed E-state index contributed by atoms with van der Waals surface area (Å²) in [7, 11) is 1.37. The Morgan fingerprint density at radius 1 is 1.24 bits per heavy atom. The number of methoxy groups -OCH3 is 1. The summed E-state index contributed by atoms with van der Waals surface area (Å²) in [5, 5.41) is 25.6. The van der Waals surface area contributed by atoms with Crippen LogP contribution in [0.2, 0.25) is 0 Å². The molecule has 1 N–H and O–H groups in total. The molecule has 3 rings (SSSR count). The van der Waals surface area contributed by atoms with Crippen molar-refractivity contribution in [3.63, 3.8) is 0 Å². The van der Waals surface area contributed by atoms with Crippen molar-refractivity contribution < 1.29 is 14.5 Å². The first kappa shape index (κ1) is 19.9. The molecule has 29 heavy (non-hydrogen) atoms. The lowest BCUT2D eigenvalue weighted by Crippen LogP contribution is -2.20. The van der Waals surface area contributed by atoms with Crippen LogP contribution in [-0.2, 0) is 11.3 Å². The van der Waals surface area contributed by atoms with Gasteiger partial charge in [-0.05, 0) is 22.8 Å². The Hall–Kier alpha value is -3.82. The second kappa shape index (κ2) is 8.46. The number of carbonyl (C=O) groups is 1. The van der Waals surface area contributed by atoms with E-state index < -0.39 is 10.8 Å².